The molecule has 1 aliphatic carbocycles. The van der Waals surface area contributed by atoms with E-state index in [4.69, 9.17) is 0 Å². The number of anilines is 2. The number of hydrogen-bond donors (Lipinski definition) is 2. The number of aryl methyl sites for hydroxylation is 1. The summed E-state index contributed by atoms with van der Waals surface area (Å²) >= 11 is 0. The van der Waals surface area contributed by atoms with Crippen molar-refractivity contribution in [1.29, 1.82) is 0 Å². The summed E-state index contributed by atoms with van der Waals surface area (Å²) in [6.45, 7) is 3.67. The van der Waals surface area contributed by atoms with Crippen LogP contribution in [0.5, 0.6) is 0 Å². The first kappa shape index (κ1) is 20.0. The Hall–Kier alpha value is -2.90. The summed E-state index contributed by atoms with van der Waals surface area (Å²) in [7, 11) is 0. The van der Waals surface area contributed by atoms with Gasteiger partial charge in [-0.2, -0.15) is 5.10 Å². The van der Waals surface area contributed by atoms with Crippen molar-refractivity contribution in [2.75, 3.05) is 29.4 Å². The Kier molecular flexibility index (Phi) is 5.16. The molecular weight excluding hydrogens is 397 g/mol. The number of rotatable bonds is 5. The number of H-pyrrole nitrogens is 1. The van der Waals surface area contributed by atoms with Crippen LogP contribution in [0.15, 0.2) is 24.3 Å². The van der Waals surface area contributed by atoms with E-state index in [2.05, 4.69) is 26.5 Å². The zero-order chi connectivity index (χ0) is 21.5. The van der Waals surface area contributed by atoms with E-state index in [0.717, 1.165) is 31.7 Å². The quantitative estimate of drug-likeness (QED) is 0.772. The first-order valence-corrected chi connectivity index (χ1v) is 11.1. The van der Waals surface area contributed by atoms with E-state index < -0.39 is 5.92 Å². The molecule has 2 amide bonds. The van der Waals surface area contributed by atoms with Crippen molar-refractivity contribution in [2.45, 2.75) is 51.0 Å². The summed E-state index contributed by atoms with van der Waals surface area (Å²) in [5.74, 6) is 0.687. The van der Waals surface area contributed by atoms with E-state index in [1.807, 2.05) is 0 Å². The molecule has 1 unspecified atom stereocenters. The molecular formula is C23H28FN5O2. The predicted octanol–water partition coefficient (Wildman–Crippen LogP) is 2.87. The third-order valence-corrected chi connectivity index (χ3v) is 6.73. The molecule has 164 valence electrons. The summed E-state index contributed by atoms with van der Waals surface area (Å²) in [5, 5.41) is 10.7. The van der Waals surface area contributed by atoms with Crippen molar-refractivity contribution in [1.82, 2.24) is 15.5 Å². The van der Waals surface area contributed by atoms with Crippen molar-refractivity contribution in [3.63, 3.8) is 0 Å². The molecule has 0 bridgehead atoms. The van der Waals surface area contributed by atoms with E-state index in [9.17, 15) is 14.0 Å². The highest BCUT2D eigenvalue weighted by Gasteiger charge is 2.36. The minimum Gasteiger partial charge on any atom is -0.355 e. The third-order valence-electron chi connectivity index (χ3n) is 6.73. The lowest BCUT2D eigenvalue weighted by Crippen LogP contribution is -2.46. The SMILES string of the molecule is Cc1ccc(N2CC(C(=O)NC3CCN(c4cc(C5CC5)[nH]n4)CC3)CC2=O)cc1F. The predicted molar refractivity (Wildman–Crippen MR) is 116 cm³/mol. The van der Waals surface area contributed by atoms with Crippen LogP contribution in [-0.4, -0.2) is 47.7 Å². The molecule has 5 rings (SSSR count). The fourth-order valence-electron chi connectivity index (χ4n) is 4.55. The number of halogens is 1. The van der Waals surface area contributed by atoms with Crippen LogP contribution in [0.4, 0.5) is 15.9 Å². The minimum atomic E-state index is -0.401. The van der Waals surface area contributed by atoms with Crippen LogP contribution in [-0.2, 0) is 9.59 Å². The average molecular weight is 426 g/mol. The fraction of sp³-hybridized carbons (Fsp3) is 0.522. The average Bonchev–Trinajstić information content (AvgIpc) is 3.36. The van der Waals surface area contributed by atoms with Crippen LogP contribution in [0.2, 0.25) is 0 Å². The lowest BCUT2D eigenvalue weighted by atomic mass is 10.0. The number of benzene rings is 1. The second-order valence-corrected chi connectivity index (χ2v) is 9.06. The van der Waals surface area contributed by atoms with Gasteiger partial charge in [0.2, 0.25) is 11.8 Å². The second-order valence-electron chi connectivity index (χ2n) is 9.06. The van der Waals surface area contributed by atoms with Crippen molar-refractivity contribution in [3.05, 3.63) is 41.3 Å². The standard InChI is InChI=1S/C23H28FN5O2/c1-14-2-5-18(11-19(14)24)29-13-16(10-22(29)30)23(31)25-17-6-8-28(9-7-17)21-12-20(26-27-21)15-3-4-15/h2,5,11-12,15-17H,3-4,6-10,13H2,1H3,(H,25,31)(H,26,27). The lowest BCUT2D eigenvalue weighted by molar-refractivity contribution is -0.127. The van der Waals surface area contributed by atoms with Crippen LogP contribution in [0.1, 0.15) is 49.3 Å². The molecule has 31 heavy (non-hydrogen) atoms. The van der Waals surface area contributed by atoms with Gasteiger partial charge in [-0.25, -0.2) is 4.39 Å². The van der Waals surface area contributed by atoms with Crippen molar-refractivity contribution >= 4 is 23.3 Å². The molecule has 2 aliphatic heterocycles. The summed E-state index contributed by atoms with van der Waals surface area (Å²) in [6, 6.07) is 7.02. The Bertz CT molecular complexity index is 994. The van der Waals surface area contributed by atoms with Gasteiger partial charge in [-0.05, 0) is 50.3 Å². The van der Waals surface area contributed by atoms with E-state index >= 15 is 0 Å². The van der Waals surface area contributed by atoms with Gasteiger partial charge in [0.15, 0.2) is 5.82 Å². The van der Waals surface area contributed by atoms with Gasteiger partial charge in [-0.3, -0.25) is 14.7 Å². The minimum absolute atomic E-state index is 0.0855. The van der Waals surface area contributed by atoms with Gasteiger partial charge in [-0.15, -0.1) is 0 Å². The summed E-state index contributed by atoms with van der Waals surface area (Å²) in [4.78, 5) is 29.0. The molecule has 1 aromatic heterocycles. The molecule has 2 saturated heterocycles. The third kappa shape index (κ3) is 4.16. The maximum absolute atomic E-state index is 13.9. The number of carbonyl (C=O) groups is 2. The van der Waals surface area contributed by atoms with E-state index in [1.54, 1.807) is 19.1 Å². The van der Waals surface area contributed by atoms with Crippen LogP contribution in [0, 0.1) is 18.7 Å². The monoisotopic (exact) mass is 425 g/mol. The van der Waals surface area contributed by atoms with Gasteiger partial charge in [0.25, 0.3) is 0 Å². The van der Waals surface area contributed by atoms with Crippen LogP contribution in [0.25, 0.3) is 0 Å². The topological polar surface area (TPSA) is 81.3 Å². The Balaban J connectivity index is 1.13. The molecule has 1 atom stereocenters. The second kappa shape index (κ2) is 7.98. The van der Waals surface area contributed by atoms with Gasteiger partial charge < -0.3 is 15.1 Å². The number of aromatic nitrogens is 2. The maximum atomic E-state index is 13.9. The number of carbonyl (C=O) groups excluding carboxylic acids is 2. The Labute approximate surface area is 181 Å². The van der Waals surface area contributed by atoms with Gasteiger partial charge in [0, 0.05) is 55.5 Å². The van der Waals surface area contributed by atoms with E-state index in [-0.39, 0.29) is 30.1 Å². The first-order valence-electron chi connectivity index (χ1n) is 11.1. The number of nitrogens with one attached hydrogen (secondary N) is 2. The van der Waals surface area contributed by atoms with Gasteiger partial charge >= 0.3 is 0 Å². The Morgan fingerprint density at radius 1 is 1.19 bits per heavy atom. The number of piperidine rings is 1. The lowest BCUT2D eigenvalue weighted by Gasteiger charge is -2.32. The summed E-state index contributed by atoms with van der Waals surface area (Å²) in [5.41, 5.74) is 2.28. The Morgan fingerprint density at radius 2 is 1.97 bits per heavy atom. The van der Waals surface area contributed by atoms with E-state index in [0.29, 0.717) is 23.7 Å². The van der Waals surface area contributed by atoms with Crippen LogP contribution in [0.3, 0.4) is 0 Å². The van der Waals surface area contributed by atoms with E-state index in [1.165, 1.54) is 29.5 Å². The molecule has 0 radical (unpaired) electrons. The van der Waals surface area contributed by atoms with Crippen LogP contribution >= 0.6 is 0 Å². The number of hydrogen-bond acceptors (Lipinski definition) is 4. The number of amides is 2. The van der Waals surface area contributed by atoms with Gasteiger partial charge in [-0.1, -0.05) is 6.07 Å². The zero-order valence-electron chi connectivity index (χ0n) is 17.7. The van der Waals surface area contributed by atoms with Crippen molar-refractivity contribution in [2.24, 2.45) is 5.92 Å². The van der Waals surface area contributed by atoms with Crippen molar-refractivity contribution < 1.29 is 14.0 Å². The van der Waals surface area contributed by atoms with Crippen LogP contribution < -0.4 is 15.1 Å². The number of nitrogens with zero attached hydrogens (tertiary/aromatic N) is 3. The molecule has 0 spiro atoms. The van der Waals surface area contributed by atoms with Crippen molar-refractivity contribution in [3.8, 4) is 0 Å². The largest absolute Gasteiger partial charge is 0.355 e. The molecule has 2 N–H and O–H groups in total. The highest BCUT2D eigenvalue weighted by atomic mass is 19.1. The number of aromatic amines is 1. The molecule has 3 heterocycles. The van der Waals surface area contributed by atoms with Gasteiger partial charge in [0.05, 0.1) is 5.92 Å². The first-order chi connectivity index (χ1) is 15.0. The molecule has 1 saturated carbocycles. The summed E-state index contributed by atoms with van der Waals surface area (Å²) < 4.78 is 13.9. The molecule has 1 aromatic carbocycles. The highest BCUT2D eigenvalue weighted by Crippen LogP contribution is 2.40. The normalized spacial score (nSPS) is 22.3. The molecule has 7 nitrogen and oxygen atoms in total. The zero-order valence-corrected chi connectivity index (χ0v) is 17.7. The molecule has 2 aromatic rings. The highest BCUT2D eigenvalue weighted by molar-refractivity contribution is 6.00. The molecule has 3 fully saturated rings. The maximum Gasteiger partial charge on any atom is 0.227 e. The van der Waals surface area contributed by atoms with Gasteiger partial charge in [0.1, 0.15) is 5.82 Å². The smallest absolute Gasteiger partial charge is 0.227 e. The molecule has 3 aliphatic rings. The Morgan fingerprint density at radius 3 is 2.68 bits per heavy atom. The molecule has 8 heteroatoms. The summed E-state index contributed by atoms with van der Waals surface area (Å²) in [6.07, 6.45) is 4.36. The fourth-order valence-corrected chi connectivity index (χ4v) is 4.55.